The highest BCUT2D eigenvalue weighted by atomic mass is 32.1. The fourth-order valence-electron chi connectivity index (χ4n) is 1.83. The van der Waals surface area contributed by atoms with Crippen molar-refractivity contribution in [2.45, 2.75) is 6.42 Å². The van der Waals surface area contributed by atoms with Gasteiger partial charge in [0.15, 0.2) is 0 Å². The van der Waals surface area contributed by atoms with Crippen LogP contribution in [0.15, 0.2) is 53.2 Å². The van der Waals surface area contributed by atoms with E-state index < -0.39 is 0 Å². The van der Waals surface area contributed by atoms with E-state index in [1.165, 1.54) is 23.0 Å². The molecule has 4 nitrogen and oxygen atoms in total. The Morgan fingerprint density at radius 1 is 1.18 bits per heavy atom. The molecular weight excluding hydrogens is 314 g/mol. The van der Waals surface area contributed by atoms with Crippen molar-refractivity contribution < 1.29 is 4.79 Å². The van der Waals surface area contributed by atoms with E-state index >= 15 is 0 Å². The van der Waals surface area contributed by atoms with Crippen molar-refractivity contribution in [1.29, 1.82) is 0 Å². The smallest absolute Gasteiger partial charge is 0.250 e. The molecule has 3 rings (SSSR count). The number of nitrogens with zero attached hydrogens (tertiary/aromatic N) is 2. The number of aromatic nitrogens is 2. The van der Waals surface area contributed by atoms with Crippen LogP contribution in [0.5, 0.6) is 0 Å². The number of hydrogen-bond donors (Lipinski definition) is 1. The normalized spacial score (nSPS) is 10.9. The fourth-order valence-corrected chi connectivity index (χ4v) is 3.24. The molecule has 0 unspecified atom stereocenters. The van der Waals surface area contributed by atoms with Gasteiger partial charge < -0.3 is 0 Å². The van der Waals surface area contributed by atoms with Crippen LogP contribution in [0.2, 0.25) is 0 Å². The predicted octanol–water partition coefficient (Wildman–Crippen LogP) is 3.84. The van der Waals surface area contributed by atoms with Crippen LogP contribution in [-0.4, -0.2) is 16.1 Å². The summed E-state index contributed by atoms with van der Waals surface area (Å²) in [6, 6.07) is 12.0. The molecule has 0 aliphatic heterocycles. The molecule has 110 valence electrons. The van der Waals surface area contributed by atoms with Crippen molar-refractivity contribution in [3.8, 4) is 0 Å². The van der Waals surface area contributed by atoms with E-state index in [4.69, 9.17) is 0 Å². The first kappa shape index (κ1) is 14.6. The molecule has 22 heavy (non-hydrogen) atoms. The maximum absolute atomic E-state index is 11.8. The number of hydrogen-bond acceptors (Lipinski definition) is 5. The van der Waals surface area contributed by atoms with E-state index in [2.05, 4.69) is 15.5 Å². The van der Waals surface area contributed by atoms with Crippen LogP contribution in [0, 0.1) is 0 Å². The molecule has 0 fully saturated rings. The highest BCUT2D eigenvalue weighted by Gasteiger charge is 2.07. The molecule has 1 N–H and O–H groups in total. The van der Waals surface area contributed by atoms with Crippen LogP contribution < -0.4 is 5.32 Å². The summed E-state index contributed by atoms with van der Waals surface area (Å²) in [5.74, 6) is -0.200. The molecule has 2 aromatic heterocycles. The molecule has 3 aromatic rings. The van der Waals surface area contributed by atoms with Crippen LogP contribution in [0.3, 0.4) is 0 Å². The average Bonchev–Trinajstić information content (AvgIpc) is 3.18. The summed E-state index contributed by atoms with van der Waals surface area (Å²) in [6.45, 7) is 0. The Morgan fingerprint density at radius 2 is 2.05 bits per heavy atom. The van der Waals surface area contributed by atoms with Gasteiger partial charge in [-0.15, -0.1) is 10.2 Å². The third kappa shape index (κ3) is 4.09. The van der Waals surface area contributed by atoms with Gasteiger partial charge in [-0.25, -0.2) is 0 Å². The van der Waals surface area contributed by atoms with Gasteiger partial charge in [0, 0.05) is 12.5 Å². The molecule has 0 atom stereocenters. The minimum Gasteiger partial charge on any atom is -0.297 e. The first-order valence-electron chi connectivity index (χ1n) is 6.67. The van der Waals surface area contributed by atoms with Gasteiger partial charge in [0.1, 0.15) is 5.01 Å². The van der Waals surface area contributed by atoms with Gasteiger partial charge in [-0.3, -0.25) is 10.1 Å². The van der Waals surface area contributed by atoms with E-state index in [9.17, 15) is 4.79 Å². The molecule has 0 saturated carbocycles. The second-order valence-corrected chi connectivity index (χ2v) is 6.38. The van der Waals surface area contributed by atoms with Crippen molar-refractivity contribution in [1.82, 2.24) is 10.2 Å². The lowest BCUT2D eigenvalue weighted by atomic mass is 10.2. The standard InChI is InChI=1S/C16H13N3OS2/c20-14(7-6-13-8-9-21-11-13)17-16-19-18-15(22-16)10-12-4-2-1-3-5-12/h1-9,11H,10H2,(H,17,19,20)/b7-6+. The summed E-state index contributed by atoms with van der Waals surface area (Å²) in [5, 5.41) is 16.2. The van der Waals surface area contributed by atoms with E-state index in [1.807, 2.05) is 47.2 Å². The van der Waals surface area contributed by atoms with Gasteiger partial charge in [-0.2, -0.15) is 11.3 Å². The second-order valence-electron chi connectivity index (χ2n) is 4.54. The molecule has 1 aromatic carbocycles. The van der Waals surface area contributed by atoms with Crippen molar-refractivity contribution in [3.63, 3.8) is 0 Å². The highest BCUT2D eigenvalue weighted by molar-refractivity contribution is 7.15. The summed E-state index contributed by atoms with van der Waals surface area (Å²) in [6.07, 6.45) is 4.00. The Morgan fingerprint density at radius 3 is 2.82 bits per heavy atom. The minimum absolute atomic E-state index is 0.200. The van der Waals surface area contributed by atoms with Gasteiger partial charge in [-0.1, -0.05) is 41.7 Å². The van der Waals surface area contributed by atoms with Gasteiger partial charge in [0.2, 0.25) is 11.0 Å². The number of thiophene rings is 1. The molecule has 0 radical (unpaired) electrons. The minimum atomic E-state index is -0.200. The molecule has 2 heterocycles. The zero-order valence-electron chi connectivity index (χ0n) is 11.6. The summed E-state index contributed by atoms with van der Waals surface area (Å²) < 4.78 is 0. The van der Waals surface area contributed by atoms with Crippen molar-refractivity contribution in [3.05, 3.63) is 69.4 Å². The van der Waals surface area contributed by atoms with E-state index in [-0.39, 0.29) is 5.91 Å². The SMILES string of the molecule is O=C(/C=C/c1ccsc1)Nc1nnc(Cc2ccccc2)s1. The lowest BCUT2D eigenvalue weighted by Crippen LogP contribution is -2.07. The number of anilines is 1. The van der Waals surface area contributed by atoms with Crippen LogP contribution in [0.4, 0.5) is 5.13 Å². The number of carbonyl (C=O) groups is 1. The Bertz CT molecular complexity index is 764. The van der Waals surface area contributed by atoms with E-state index in [1.54, 1.807) is 17.4 Å². The first-order chi connectivity index (χ1) is 10.8. The molecule has 0 spiro atoms. The monoisotopic (exact) mass is 327 g/mol. The first-order valence-corrected chi connectivity index (χ1v) is 8.43. The highest BCUT2D eigenvalue weighted by Crippen LogP contribution is 2.18. The van der Waals surface area contributed by atoms with E-state index in [0.717, 1.165) is 17.0 Å². The van der Waals surface area contributed by atoms with Crippen LogP contribution in [0.25, 0.3) is 6.08 Å². The third-order valence-electron chi connectivity index (χ3n) is 2.87. The summed E-state index contributed by atoms with van der Waals surface area (Å²) >= 11 is 2.99. The maximum Gasteiger partial charge on any atom is 0.250 e. The predicted molar refractivity (Wildman–Crippen MR) is 91.1 cm³/mol. The molecule has 0 aliphatic carbocycles. The Hall–Kier alpha value is -2.31. The molecule has 0 saturated heterocycles. The molecule has 0 bridgehead atoms. The number of amides is 1. The van der Waals surface area contributed by atoms with Crippen molar-refractivity contribution in [2.24, 2.45) is 0 Å². The van der Waals surface area contributed by atoms with Gasteiger partial charge in [0.25, 0.3) is 0 Å². The zero-order chi connectivity index (χ0) is 15.2. The van der Waals surface area contributed by atoms with Crippen LogP contribution in [0.1, 0.15) is 16.1 Å². The Labute approximate surface area is 136 Å². The van der Waals surface area contributed by atoms with Crippen molar-refractivity contribution in [2.75, 3.05) is 5.32 Å². The molecule has 0 aliphatic rings. The summed E-state index contributed by atoms with van der Waals surface area (Å²) in [5.41, 5.74) is 2.19. The molecular formula is C16H13N3OS2. The van der Waals surface area contributed by atoms with Crippen molar-refractivity contribution >= 4 is 39.8 Å². The quantitative estimate of drug-likeness (QED) is 0.724. The largest absolute Gasteiger partial charge is 0.297 e. The summed E-state index contributed by atoms with van der Waals surface area (Å²) in [4.78, 5) is 11.8. The average molecular weight is 327 g/mol. The summed E-state index contributed by atoms with van der Waals surface area (Å²) in [7, 11) is 0. The van der Waals surface area contributed by atoms with E-state index in [0.29, 0.717) is 5.13 Å². The zero-order valence-corrected chi connectivity index (χ0v) is 13.2. The molecule has 1 amide bonds. The number of nitrogens with one attached hydrogen (secondary N) is 1. The Kier molecular flexibility index (Phi) is 4.72. The van der Waals surface area contributed by atoms with Crippen LogP contribution in [-0.2, 0) is 11.2 Å². The number of carbonyl (C=O) groups excluding carboxylic acids is 1. The van der Waals surface area contributed by atoms with Crippen LogP contribution >= 0.6 is 22.7 Å². The van der Waals surface area contributed by atoms with Gasteiger partial charge in [-0.05, 0) is 34.0 Å². The second kappa shape index (κ2) is 7.11. The number of benzene rings is 1. The lowest BCUT2D eigenvalue weighted by molar-refractivity contribution is -0.111. The maximum atomic E-state index is 11.8. The van der Waals surface area contributed by atoms with Gasteiger partial charge in [0.05, 0.1) is 0 Å². The van der Waals surface area contributed by atoms with Gasteiger partial charge >= 0.3 is 0 Å². The lowest BCUT2D eigenvalue weighted by Gasteiger charge is -1.95. The Balaban J connectivity index is 1.58. The molecule has 6 heteroatoms. The topological polar surface area (TPSA) is 54.9 Å². The third-order valence-corrected chi connectivity index (χ3v) is 4.41. The fraction of sp³-hybridized carbons (Fsp3) is 0.0625. The number of rotatable bonds is 5.